The van der Waals surface area contributed by atoms with Gasteiger partial charge >= 0.3 is 0 Å². The molecule has 5 nitrogen and oxygen atoms in total. The standard InChI is InChI=1S/C15H13N3O2S2/c19-13-10-22-15(17-16-14(20)12-7-4-8-21-12)18(13)9-11-5-2-1-3-6-11/h1-8H,9-10H2,(H,16,20). The Bertz CT molecular complexity index is 699. The zero-order valence-electron chi connectivity index (χ0n) is 11.6. The van der Waals surface area contributed by atoms with Crippen molar-refractivity contribution in [3.8, 4) is 0 Å². The lowest BCUT2D eigenvalue weighted by atomic mass is 10.2. The first-order valence-electron chi connectivity index (χ1n) is 6.62. The van der Waals surface area contributed by atoms with Crippen LogP contribution in [0, 0.1) is 0 Å². The van der Waals surface area contributed by atoms with Crippen LogP contribution in [0.25, 0.3) is 0 Å². The molecule has 0 saturated carbocycles. The number of carbonyl (C=O) groups is 2. The average Bonchev–Trinajstić information content (AvgIpc) is 3.18. The summed E-state index contributed by atoms with van der Waals surface area (Å²) in [5.74, 6) is 0.0839. The number of nitrogens with one attached hydrogen (secondary N) is 1. The van der Waals surface area contributed by atoms with Crippen LogP contribution in [0.2, 0.25) is 0 Å². The van der Waals surface area contributed by atoms with Crippen LogP contribution in [0.5, 0.6) is 0 Å². The Morgan fingerprint density at radius 3 is 2.77 bits per heavy atom. The van der Waals surface area contributed by atoms with Gasteiger partial charge in [0, 0.05) is 0 Å². The number of hydrazone groups is 1. The van der Waals surface area contributed by atoms with Gasteiger partial charge < -0.3 is 0 Å². The lowest BCUT2D eigenvalue weighted by molar-refractivity contribution is -0.124. The van der Waals surface area contributed by atoms with Gasteiger partial charge in [-0.1, -0.05) is 48.2 Å². The van der Waals surface area contributed by atoms with Crippen molar-refractivity contribution in [3.63, 3.8) is 0 Å². The summed E-state index contributed by atoms with van der Waals surface area (Å²) in [6, 6.07) is 13.2. The molecule has 1 aliphatic heterocycles. The summed E-state index contributed by atoms with van der Waals surface area (Å²) in [4.78, 5) is 26.0. The number of thiophene rings is 1. The molecule has 2 aromatic rings. The van der Waals surface area contributed by atoms with Gasteiger partial charge in [0.25, 0.3) is 5.91 Å². The van der Waals surface area contributed by atoms with E-state index in [0.29, 0.717) is 22.3 Å². The molecule has 1 aromatic carbocycles. The van der Waals surface area contributed by atoms with Crippen molar-refractivity contribution in [2.75, 3.05) is 5.75 Å². The first kappa shape index (κ1) is 14.8. The van der Waals surface area contributed by atoms with Crippen LogP contribution in [-0.2, 0) is 11.3 Å². The number of nitrogens with zero attached hydrogens (tertiary/aromatic N) is 2. The van der Waals surface area contributed by atoms with Gasteiger partial charge in [-0.15, -0.1) is 16.4 Å². The summed E-state index contributed by atoms with van der Waals surface area (Å²) >= 11 is 2.68. The van der Waals surface area contributed by atoms with Gasteiger partial charge in [0.15, 0.2) is 5.17 Å². The number of hydrogen-bond acceptors (Lipinski definition) is 5. The highest BCUT2D eigenvalue weighted by Crippen LogP contribution is 2.21. The molecule has 22 heavy (non-hydrogen) atoms. The van der Waals surface area contributed by atoms with E-state index in [2.05, 4.69) is 10.5 Å². The van der Waals surface area contributed by atoms with Gasteiger partial charge in [-0.05, 0) is 17.0 Å². The van der Waals surface area contributed by atoms with E-state index in [4.69, 9.17) is 0 Å². The molecule has 0 spiro atoms. The maximum Gasteiger partial charge on any atom is 0.281 e. The maximum atomic E-state index is 12.0. The Hall–Kier alpha value is -2.12. The molecule has 112 valence electrons. The Labute approximate surface area is 136 Å². The summed E-state index contributed by atoms with van der Waals surface area (Å²) in [6.45, 7) is 0.459. The lowest BCUT2D eigenvalue weighted by Gasteiger charge is -2.15. The van der Waals surface area contributed by atoms with Crippen LogP contribution in [-0.4, -0.2) is 27.6 Å². The highest BCUT2D eigenvalue weighted by Gasteiger charge is 2.28. The number of thioether (sulfide) groups is 1. The largest absolute Gasteiger partial charge is 0.285 e. The van der Waals surface area contributed by atoms with Crippen molar-refractivity contribution >= 4 is 40.1 Å². The van der Waals surface area contributed by atoms with Crippen LogP contribution >= 0.6 is 23.1 Å². The van der Waals surface area contributed by atoms with Crippen LogP contribution in [0.3, 0.4) is 0 Å². The van der Waals surface area contributed by atoms with Gasteiger partial charge in [-0.3, -0.25) is 14.5 Å². The van der Waals surface area contributed by atoms with E-state index in [-0.39, 0.29) is 11.8 Å². The topological polar surface area (TPSA) is 61.8 Å². The molecule has 2 amide bonds. The predicted molar refractivity (Wildman–Crippen MR) is 88.7 cm³/mol. The van der Waals surface area contributed by atoms with Crippen LogP contribution < -0.4 is 5.43 Å². The Morgan fingerprint density at radius 2 is 2.05 bits per heavy atom. The monoisotopic (exact) mass is 331 g/mol. The smallest absolute Gasteiger partial charge is 0.281 e. The number of rotatable bonds is 4. The third-order valence-corrected chi connectivity index (χ3v) is 4.87. The second-order valence-corrected chi connectivity index (χ2v) is 6.46. The summed E-state index contributed by atoms with van der Waals surface area (Å²) in [5.41, 5.74) is 3.53. The molecule has 0 unspecified atom stereocenters. The second-order valence-electron chi connectivity index (χ2n) is 4.57. The van der Waals surface area contributed by atoms with Gasteiger partial charge in [0.05, 0.1) is 17.2 Å². The molecular formula is C15H13N3O2S2. The summed E-state index contributed by atoms with van der Waals surface area (Å²) in [5, 5.41) is 6.46. The summed E-state index contributed by atoms with van der Waals surface area (Å²) in [6.07, 6.45) is 0. The van der Waals surface area contributed by atoms with Crippen molar-refractivity contribution in [1.82, 2.24) is 10.3 Å². The Morgan fingerprint density at radius 1 is 1.23 bits per heavy atom. The molecule has 3 rings (SSSR count). The normalized spacial score (nSPS) is 16.3. The molecule has 7 heteroatoms. The molecule has 1 saturated heterocycles. The minimum absolute atomic E-state index is 0.00187. The molecule has 2 heterocycles. The Balaban J connectivity index is 1.70. The number of amides is 2. The minimum Gasteiger partial charge on any atom is -0.285 e. The quantitative estimate of drug-likeness (QED) is 0.876. The van der Waals surface area contributed by atoms with Crippen molar-refractivity contribution in [2.45, 2.75) is 6.54 Å². The third kappa shape index (κ3) is 3.37. The van der Waals surface area contributed by atoms with Gasteiger partial charge in [0.1, 0.15) is 0 Å². The van der Waals surface area contributed by atoms with E-state index in [0.717, 1.165) is 5.56 Å². The van der Waals surface area contributed by atoms with Gasteiger partial charge in [0.2, 0.25) is 5.91 Å². The highest BCUT2D eigenvalue weighted by atomic mass is 32.2. The molecular weight excluding hydrogens is 318 g/mol. The first-order chi connectivity index (χ1) is 10.7. The molecule has 1 aliphatic rings. The minimum atomic E-state index is -0.262. The van der Waals surface area contributed by atoms with Crippen LogP contribution in [0.4, 0.5) is 0 Å². The number of amidine groups is 1. The molecule has 0 radical (unpaired) electrons. The summed E-state index contributed by atoms with van der Waals surface area (Å²) in [7, 11) is 0. The number of carbonyl (C=O) groups excluding carboxylic acids is 2. The predicted octanol–water partition coefficient (Wildman–Crippen LogP) is 2.52. The fourth-order valence-corrected chi connectivity index (χ4v) is 3.42. The molecule has 0 aliphatic carbocycles. The average molecular weight is 331 g/mol. The molecule has 0 bridgehead atoms. The fraction of sp³-hybridized carbons (Fsp3) is 0.133. The van der Waals surface area contributed by atoms with Crippen molar-refractivity contribution in [3.05, 3.63) is 58.3 Å². The van der Waals surface area contributed by atoms with Crippen molar-refractivity contribution < 1.29 is 9.59 Å². The zero-order valence-corrected chi connectivity index (χ0v) is 13.2. The highest BCUT2D eigenvalue weighted by molar-refractivity contribution is 8.15. The zero-order chi connectivity index (χ0) is 15.4. The van der Waals surface area contributed by atoms with Crippen molar-refractivity contribution in [1.29, 1.82) is 0 Å². The third-order valence-electron chi connectivity index (χ3n) is 3.04. The van der Waals surface area contributed by atoms with E-state index in [1.165, 1.54) is 23.1 Å². The van der Waals surface area contributed by atoms with E-state index in [1.54, 1.807) is 11.0 Å². The molecule has 1 N–H and O–H groups in total. The van der Waals surface area contributed by atoms with E-state index < -0.39 is 0 Å². The molecule has 0 atom stereocenters. The van der Waals surface area contributed by atoms with Crippen LogP contribution in [0.15, 0.2) is 52.9 Å². The lowest BCUT2D eigenvalue weighted by Crippen LogP contribution is -2.31. The van der Waals surface area contributed by atoms with Gasteiger partial charge in [-0.2, -0.15) is 0 Å². The second kappa shape index (κ2) is 6.76. The van der Waals surface area contributed by atoms with Crippen LogP contribution in [0.1, 0.15) is 15.2 Å². The maximum absolute atomic E-state index is 12.0. The van der Waals surface area contributed by atoms with Gasteiger partial charge in [-0.25, -0.2) is 5.43 Å². The summed E-state index contributed by atoms with van der Waals surface area (Å²) < 4.78 is 0. The molecule has 1 aromatic heterocycles. The van der Waals surface area contributed by atoms with Crippen molar-refractivity contribution in [2.24, 2.45) is 5.10 Å². The van der Waals surface area contributed by atoms with E-state index in [9.17, 15) is 9.59 Å². The number of benzene rings is 1. The molecule has 1 fully saturated rings. The fourth-order valence-electron chi connectivity index (χ4n) is 1.96. The Kier molecular flexibility index (Phi) is 4.55. The number of hydrogen-bond donors (Lipinski definition) is 1. The SMILES string of the molecule is O=C(NN=C1SCC(=O)N1Cc1ccccc1)c1cccs1. The first-order valence-corrected chi connectivity index (χ1v) is 8.49. The van der Waals surface area contributed by atoms with E-state index >= 15 is 0 Å². The van der Waals surface area contributed by atoms with E-state index in [1.807, 2.05) is 41.8 Å².